The van der Waals surface area contributed by atoms with Crippen LogP contribution in [0.5, 0.6) is 0 Å². The molecule has 3 fully saturated rings. The molecule has 0 bridgehead atoms. The summed E-state index contributed by atoms with van der Waals surface area (Å²) in [5.41, 5.74) is 4.60. The minimum atomic E-state index is -3.76. The number of rotatable bonds is 8. The van der Waals surface area contributed by atoms with Crippen LogP contribution in [-0.2, 0) is 29.2 Å². The predicted octanol–water partition coefficient (Wildman–Crippen LogP) is 3.00. The molecule has 6 atom stereocenters. The summed E-state index contributed by atoms with van der Waals surface area (Å²) in [6, 6.07) is -0.861. The van der Waals surface area contributed by atoms with Gasteiger partial charge >= 0.3 is 6.03 Å². The van der Waals surface area contributed by atoms with Crippen molar-refractivity contribution in [2.75, 3.05) is 20.1 Å². The molecule has 0 spiro atoms. The number of likely N-dealkylation sites (N-methyl/N-ethyl adjacent to an activating group) is 1. The molecule has 2 saturated heterocycles. The Morgan fingerprint density at radius 3 is 2.27 bits per heavy atom. The molecule has 15 heteroatoms. The molecule has 2 aliphatic heterocycles. The maximum absolute atomic E-state index is 14.3. The number of sulfonamides is 1. The Balaban J connectivity index is 1.55. The Morgan fingerprint density at radius 1 is 1.08 bits per heavy atom. The van der Waals surface area contributed by atoms with Crippen molar-refractivity contribution in [2.24, 2.45) is 28.4 Å². The van der Waals surface area contributed by atoms with E-state index in [1.54, 1.807) is 11.4 Å². The van der Waals surface area contributed by atoms with E-state index in [0.717, 1.165) is 43.4 Å². The van der Waals surface area contributed by atoms with E-state index in [2.05, 4.69) is 16.0 Å². The van der Waals surface area contributed by atoms with Gasteiger partial charge in [-0.2, -0.15) is 4.31 Å². The third-order valence-corrected chi connectivity index (χ3v) is 13.9. The molecule has 0 unspecified atom stereocenters. The molecular weight excluding hydrogens is 669 g/mol. The van der Waals surface area contributed by atoms with Gasteiger partial charge in [0.05, 0.1) is 6.04 Å². The first-order valence-electron chi connectivity index (χ1n) is 17.4. The van der Waals surface area contributed by atoms with Crippen molar-refractivity contribution in [1.82, 2.24) is 25.2 Å². The van der Waals surface area contributed by atoms with Gasteiger partial charge in [0, 0.05) is 26.2 Å². The van der Waals surface area contributed by atoms with Crippen molar-refractivity contribution in [3.05, 3.63) is 17.5 Å². The highest BCUT2D eigenvalue weighted by Crippen LogP contribution is 2.65. The van der Waals surface area contributed by atoms with Crippen LogP contribution in [0.15, 0.2) is 21.7 Å². The lowest BCUT2D eigenvalue weighted by Crippen LogP contribution is -2.60. The quantitative estimate of drug-likeness (QED) is 0.297. The van der Waals surface area contributed by atoms with Crippen LogP contribution < -0.4 is 21.7 Å². The number of fused-ring (bicyclic) bond motifs is 3. The summed E-state index contributed by atoms with van der Waals surface area (Å²) in [5, 5.41) is 10.3. The SMILES string of the molecule is CN(C[C@@H](NC(=O)N[C@H]1CCCCCCCCC[C@@H](C(=O)C(N)=O)NC(=O)[C@@H]2[C@H]3[C@@H](CN2C1=O)C3(C)C)C(C)(C)C)S(=O)(=O)c1cccs1. The molecule has 0 aromatic carbocycles. The predicted molar refractivity (Wildman–Crippen MR) is 187 cm³/mol. The average molecular weight is 723 g/mol. The molecule has 5 amide bonds. The van der Waals surface area contributed by atoms with E-state index in [1.165, 1.54) is 22.3 Å². The molecule has 49 heavy (non-hydrogen) atoms. The van der Waals surface area contributed by atoms with Gasteiger partial charge in [-0.05, 0) is 47.0 Å². The van der Waals surface area contributed by atoms with Crippen LogP contribution in [-0.4, -0.2) is 91.5 Å². The van der Waals surface area contributed by atoms with E-state index in [0.29, 0.717) is 25.8 Å². The van der Waals surface area contributed by atoms with Gasteiger partial charge in [0.1, 0.15) is 16.3 Å². The highest BCUT2D eigenvalue weighted by Gasteiger charge is 2.69. The van der Waals surface area contributed by atoms with Crippen LogP contribution in [0.4, 0.5) is 4.79 Å². The molecule has 1 saturated carbocycles. The maximum atomic E-state index is 14.3. The number of amides is 5. The van der Waals surface area contributed by atoms with Gasteiger partial charge in [-0.3, -0.25) is 19.2 Å². The Labute approximate surface area is 294 Å². The number of nitrogens with two attached hydrogens (primary N) is 1. The standard InChI is InChI=1S/C34H54N6O7S2/c1-33(2,3)24(20-39(6)49(46,47)25-17-14-18-48-25)38-32(45)37-23-16-13-11-9-7-8-10-12-15-22(28(41)29(35)42)36-30(43)27-26-21(34(26,4)5)19-40(27)31(23)44/h14,17-18,21-24,26-27H,7-13,15-16,19-20H2,1-6H3,(H2,35,42)(H,36,43)(H2,37,38,45)/t21-,22+,23+,24-,26-,27+/m1/s1. The Hall–Kier alpha value is -3.04. The van der Waals surface area contributed by atoms with E-state index in [1.807, 2.05) is 34.6 Å². The Morgan fingerprint density at radius 2 is 1.69 bits per heavy atom. The summed E-state index contributed by atoms with van der Waals surface area (Å²) in [6.45, 7) is 10.1. The fourth-order valence-electron chi connectivity index (χ4n) is 7.36. The number of carbonyl (C=O) groups excluding carboxylic acids is 5. The number of carbonyl (C=O) groups is 5. The number of Topliss-reactive ketones (excluding diaryl/α,β-unsaturated/α-hetero) is 1. The van der Waals surface area contributed by atoms with Crippen molar-refractivity contribution in [3.63, 3.8) is 0 Å². The van der Waals surface area contributed by atoms with Crippen molar-refractivity contribution >= 4 is 50.9 Å². The zero-order valence-electron chi connectivity index (χ0n) is 29.6. The van der Waals surface area contributed by atoms with Gasteiger partial charge in [-0.1, -0.05) is 85.6 Å². The van der Waals surface area contributed by atoms with Crippen LogP contribution in [0.25, 0.3) is 0 Å². The molecule has 1 aromatic heterocycles. The summed E-state index contributed by atoms with van der Waals surface area (Å²) in [6.07, 6.45) is 6.51. The van der Waals surface area contributed by atoms with Gasteiger partial charge in [-0.25, -0.2) is 13.2 Å². The fourth-order valence-corrected chi connectivity index (χ4v) is 9.75. The van der Waals surface area contributed by atoms with Crippen molar-refractivity contribution in [1.29, 1.82) is 0 Å². The summed E-state index contributed by atoms with van der Waals surface area (Å²) in [5.74, 6) is -2.91. The molecule has 0 radical (unpaired) electrons. The van der Waals surface area contributed by atoms with Crippen molar-refractivity contribution < 1.29 is 32.4 Å². The maximum Gasteiger partial charge on any atom is 0.315 e. The zero-order chi connectivity index (χ0) is 36.3. The molecule has 274 valence electrons. The lowest BCUT2D eigenvalue weighted by atomic mass is 9.86. The van der Waals surface area contributed by atoms with Gasteiger partial charge in [0.2, 0.25) is 17.6 Å². The van der Waals surface area contributed by atoms with Crippen LogP contribution in [0, 0.1) is 22.7 Å². The number of primary amides is 1. The highest BCUT2D eigenvalue weighted by molar-refractivity contribution is 7.91. The first-order valence-corrected chi connectivity index (χ1v) is 19.7. The molecule has 13 nitrogen and oxygen atoms in total. The Bertz CT molecular complexity index is 1490. The molecular formula is C34H54N6O7S2. The normalized spacial score (nSPS) is 27.4. The van der Waals surface area contributed by atoms with Crippen LogP contribution in [0.2, 0.25) is 0 Å². The summed E-state index contributed by atoms with van der Waals surface area (Å²) < 4.78 is 27.7. The van der Waals surface area contributed by atoms with E-state index in [4.69, 9.17) is 5.73 Å². The van der Waals surface area contributed by atoms with Gasteiger partial charge < -0.3 is 26.6 Å². The lowest BCUT2D eigenvalue weighted by molar-refractivity contribution is -0.143. The van der Waals surface area contributed by atoms with E-state index in [9.17, 15) is 32.4 Å². The van der Waals surface area contributed by atoms with E-state index in [-0.39, 0.29) is 40.3 Å². The number of urea groups is 1. The molecule has 1 aliphatic carbocycles. The second kappa shape index (κ2) is 15.5. The number of hydrogen-bond acceptors (Lipinski definition) is 8. The second-order valence-electron chi connectivity index (χ2n) is 15.5. The van der Waals surface area contributed by atoms with Gasteiger partial charge in [-0.15, -0.1) is 11.3 Å². The fraction of sp³-hybridized carbons (Fsp3) is 0.735. The third-order valence-electron chi connectivity index (χ3n) is 10.7. The number of ketones is 1. The first kappa shape index (κ1) is 38.8. The largest absolute Gasteiger partial charge is 0.363 e. The summed E-state index contributed by atoms with van der Waals surface area (Å²) in [7, 11) is -2.28. The Kier molecular flexibility index (Phi) is 12.2. The third kappa shape index (κ3) is 9.01. The minimum Gasteiger partial charge on any atom is -0.363 e. The van der Waals surface area contributed by atoms with Crippen LogP contribution >= 0.6 is 11.3 Å². The number of nitrogens with one attached hydrogen (secondary N) is 3. The van der Waals surface area contributed by atoms with Gasteiger partial charge in [0.15, 0.2) is 0 Å². The number of piperidine rings is 1. The second-order valence-corrected chi connectivity index (χ2v) is 18.8. The molecule has 3 aliphatic rings. The summed E-state index contributed by atoms with van der Waals surface area (Å²) in [4.78, 5) is 67.9. The van der Waals surface area contributed by atoms with Crippen molar-refractivity contribution in [3.8, 4) is 0 Å². The molecule has 1 aromatic rings. The first-order chi connectivity index (χ1) is 22.9. The topological polar surface area (TPSA) is 188 Å². The monoisotopic (exact) mass is 722 g/mol. The number of nitrogens with zero attached hydrogens (tertiary/aromatic N) is 2. The minimum absolute atomic E-state index is 0.00771. The van der Waals surface area contributed by atoms with Gasteiger partial charge in [0.25, 0.3) is 15.9 Å². The summed E-state index contributed by atoms with van der Waals surface area (Å²) >= 11 is 1.12. The smallest absolute Gasteiger partial charge is 0.315 e. The van der Waals surface area contributed by atoms with Crippen molar-refractivity contribution in [2.45, 2.75) is 121 Å². The number of hydrogen-bond donors (Lipinski definition) is 4. The average Bonchev–Trinajstić information content (AvgIpc) is 3.48. The molecule has 4 rings (SSSR count). The molecule has 3 heterocycles. The number of thiophene rings is 1. The molecule has 5 N–H and O–H groups in total. The van der Waals surface area contributed by atoms with E-state index >= 15 is 0 Å². The zero-order valence-corrected chi connectivity index (χ0v) is 31.3. The highest BCUT2D eigenvalue weighted by atomic mass is 32.2. The lowest BCUT2D eigenvalue weighted by Gasteiger charge is -2.36. The van der Waals surface area contributed by atoms with E-state index < -0.39 is 63.2 Å². The van der Waals surface area contributed by atoms with Crippen LogP contribution in [0.1, 0.15) is 92.4 Å². The van der Waals surface area contributed by atoms with Crippen LogP contribution in [0.3, 0.4) is 0 Å².